The maximum Gasteiger partial charge on any atom is 0.281 e. The van der Waals surface area contributed by atoms with E-state index in [0.717, 1.165) is 11.4 Å². The monoisotopic (exact) mass is 419 g/mol. The van der Waals surface area contributed by atoms with E-state index in [2.05, 4.69) is 24.8 Å². The van der Waals surface area contributed by atoms with Gasteiger partial charge in [-0.25, -0.2) is 15.0 Å². The largest absolute Gasteiger partial charge is 0.349 e. The molecule has 0 atom stereocenters. The van der Waals surface area contributed by atoms with Crippen molar-refractivity contribution in [1.82, 2.24) is 28.9 Å². The fourth-order valence-electron chi connectivity index (χ4n) is 3.68. The maximum absolute atomic E-state index is 13.4. The molecule has 9 heteroatoms. The van der Waals surface area contributed by atoms with Crippen molar-refractivity contribution in [3.8, 4) is 5.69 Å². The molecule has 0 radical (unpaired) electrons. The molecule has 0 aliphatic rings. The van der Waals surface area contributed by atoms with Gasteiger partial charge in [0.05, 0.1) is 23.6 Å². The second-order valence-electron chi connectivity index (χ2n) is 6.83. The van der Waals surface area contributed by atoms with Gasteiger partial charge in [0.15, 0.2) is 11.5 Å². The summed E-state index contributed by atoms with van der Waals surface area (Å²) >= 11 is 6.30. The second kappa shape index (κ2) is 7.31. The number of H-pyrrole nitrogens is 1. The Morgan fingerprint density at radius 1 is 1.13 bits per heavy atom. The van der Waals surface area contributed by atoms with Crippen LogP contribution >= 0.6 is 11.6 Å². The SMILES string of the molecule is CCN(Cc1cn2ccc(Cl)c2c(=O)n1-c1ccccc1)c1ncnc2[nH]cnc12. The summed E-state index contributed by atoms with van der Waals surface area (Å²) in [5, 5.41) is 0.428. The van der Waals surface area contributed by atoms with Crippen LogP contribution in [0.2, 0.25) is 5.02 Å². The second-order valence-corrected chi connectivity index (χ2v) is 7.23. The highest BCUT2D eigenvalue weighted by molar-refractivity contribution is 6.33. The fraction of sp³-hybridized carbons (Fsp3) is 0.143. The molecule has 0 amide bonds. The van der Waals surface area contributed by atoms with E-state index in [0.29, 0.717) is 40.6 Å². The zero-order valence-electron chi connectivity index (χ0n) is 16.2. The number of anilines is 1. The summed E-state index contributed by atoms with van der Waals surface area (Å²) in [4.78, 5) is 31.5. The van der Waals surface area contributed by atoms with Crippen molar-refractivity contribution in [3.05, 3.63) is 82.5 Å². The zero-order valence-corrected chi connectivity index (χ0v) is 16.9. The predicted octanol–water partition coefficient (Wildman–Crippen LogP) is 3.44. The van der Waals surface area contributed by atoms with Crippen molar-refractivity contribution in [2.45, 2.75) is 13.5 Å². The van der Waals surface area contributed by atoms with Gasteiger partial charge in [-0.3, -0.25) is 9.36 Å². The normalized spacial score (nSPS) is 11.4. The number of benzene rings is 1. The molecule has 5 rings (SSSR count). The number of hydrogen-bond acceptors (Lipinski definition) is 5. The van der Waals surface area contributed by atoms with E-state index in [1.807, 2.05) is 43.5 Å². The number of nitrogens with one attached hydrogen (secondary N) is 1. The zero-order chi connectivity index (χ0) is 20.7. The smallest absolute Gasteiger partial charge is 0.281 e. The average molecular weight is 420 g/mol. The molecule has 1 aromatic carbocycles. The van der Waals surface area contributed by atoms with Crippen LogP contribution in [0.15, 0.2) is 66.2 Å². The Balaban J connectivity index is 1.70. The molecule has 8 nitrogen and oxygen atoms in total. The van der Waals surface area contributed by atoms with Gasteiger partial charge in [-0.1, -0.05) is 29.8 Å². The molecule has 0 bridgehead atoms. The molecule has 0 fully saturated rings. The van der Waals surface area contributed by atoms with Crippen molar-refractivity contribution < 1.29 is 0 Å². The first-order chi connectivity index (χ1) is 14.7. The molecular formula is C21H18ClN7O. The number of imidazole rings is 1. The number of nitrogens with zero attached hydrogens (tertiary/aromatic N) is 6. The van der Waals surface area contributed by atoms with Crippen molar-refractivity contribution in [2.24, 2.45) is 0 Å². The molecule has 0 aliphatic carbocycles. The lowest BCUT2D eigenvalue weighted by molar-refractivity contribution is 0.750. The highest BCUT2D eigenvalue weighted by atomic mass is 35.5. The number of aromatic nitrogens is 6. The molecule has 0 saturated carbocycles. The number of fused-ring (bicyclic) bond motifs is 2. The van der Waals surface area contributed by atoms with Crippen LogP contribution in [-0.2, 0) is 6.54 Å². The summed E-state index contributed by atoms with van der Waals surface area (Å²) in [6.07, 6.45) is 6.84. The Hall–Kier alpha value is -3.65. The molecule has 5 aromatic rings. The van der Waals surface area contributed by atoms with E-state index in [4.69, 9.17) is 11.6 Å². The third-order valence-electron chi connectivity index (χ3n) is 5.09. The van der Waals surface area contributed by atoms with Crippen LogP contribution in [0.5, 0.6) is 0 Å². The summed E-state index contributed by atoms with van der Waals surface area (Å²) < 4.78 is 3.48. The Labute approximate surface area is 176 Å². The summed E-state index contributed by atoms with van der Waals surface area (Å²) in [7, 11) is 0. The van der Waals surface area contributed by atoms with Gasteiger partial charge in [0.2, 0.25) is 0 Å². The number of halogens is 1. The van der Waals surface area contributed by atoms with Gasteiger partial charge in [-0.05, 0) is 25.1 Å². The van der Waals surface area contributed by atoms with Crippen LogP contribution in [0.4, 0.5) is 5.82 Å². The Morgan fingerprint density at radius 2 is 1.97 bits per heavy atom. The van der Waals surface area contributed by atoms with Gasteiger partial charge in [0.1, 0.15) is 17.4 Å². The van der Waals surface area contributed by atoms with E-state index < -0.39 is 0 Å². The van der Waals surface area contributed by atoms with Gasteiger partial charge < -0.3 is 14.3 Å². The van der Waals surface area contributed by atoms with Gasteiger partial charge in [-0.2, -0.15) is 0 Å². The maximum atomic E-state index is 13.4. The quantitative estimate of drug-likeness (QED) is 0.471. The summed E-state index contributed by atoms with van der Waals surface area (Å²) in [5.74, 6) is 0.710. The predicted molar refractivity (Wildman–Crippen MR) is 116 cm³/mol. The summed E-state index contributed by atoms with van der Waals surface area (Å²) in [6, 6.07) is 11.3. The molecule has 0 aliphatic heterocycles. The Bertz CT molecular complexity index is 1400. The fourth-order valence-corrected chi connectivity index (χ4v) is 3.92. The minimum Gasteiger partial charge on any atom is -0.349 e. The van der Waals surface area contributed by atoms with Crippen LogP contribution in [0, 0.1) is 0 Å². The average Bonchev–Trinajstić information content (AvgIpc) is 3.39. The minimum atomic E-state index is -0.169. The van der Waals surface area contributed by atoms with Gasteiger partial charge in [0.25, 0.3) is 5.56 Å². The molecule has 1 N–H and O–H groups in total. The number of hydrogen-bond donors (Lipinski definition) is 1. The standard InChI is InChI=1S/C21H18ClN7O/c1-2-27(20-17-19(24-12-23-17)25-13-26-20)10-15-11-28-9-8-16(22)18(28)21(30)29(15)14-6-4-3-5-7-14/h3-9,11-13H,2,10H2,1H3,(H,23,24,25,26). The van der Waals surface area contributed by atoms with Crippen LogP contribution in [0.3, 0.4) is 0 Å². The molecule has 0 saturated heterocycles. The number of rotatable bonds is 5. The highest BCUT2D eigenvalue weighted by Gasteiger charge is 2.19. The summed E-state index contributed by atoms with van der Waals surface area (Å²) in [5.41, 5.74) is 3.22. The molecule has 4 heterocycles. The molecule has 4 aromatic heterocycles. The number of aromatic amines is 1. The van der Waals surface area contributed by atoms with Crippen LogP contribution in [0.1, 0.15) is 12.6 Å². The first-order valence-corrected chi connectivity index (χ1v) is 9.90. The van der Waals surface area contributed by atoms with Crippen LogP contribution in [0.25, 0.3) is 22.4 Å². The molecule has 30 heavy (non-hydrogen) atoms. The lowest BCUT2D eigenvalue weighted by Gasteiger charge is -2.24. The van der Waals surface area contributed by atoms with E-state index in [1.54, 1.807) is 27.6 Å². The van der Waals surface area contributed by atoms with E-state index in [1.165, 1.54) is 6.33 Å². The summed E-state index contributed by atoms with van der Waals surface area (Å²) in [6.45, 7) is 3.16. The van der Waals surface area contributed by atoms with Gasteiger partial charge in [-0.15, -0.1) is 0 Å². The van der Waals surface area contributed by atoms with E-state index in [-0.39, 0.29) is 5.56 Å². The van der Waals surface area contributed by atoms with Crippen LogP contribution < -0.4 is 10.5 Å². The molecule has 150 valence electrons. The molecule has 0 unspecified atom stereocenters. The third-order valence-corrected chi connectivity index (χ3v) is 5.40. The topological polar surface area (TPSA) is 84.1 Å². The minimum absolute atomic E-state index is 0.169. The highest BCUT2D eigenvalue weighted by Crippen LogP contribution is 2.23. The van der Waals surface area contributed by atoms with Crippen molar-refractivity contribution >= 4 is 34.1 Å². The van der Waals surface area contributed by atoms with E-state index in [9.17, 15) is 4.79 Å². The lowest BCUT2D eigenvalue weighted by atomic mass is 10.2. The van der Waals surface area contributed by atoms with E-state index >= 15 is 0 Å². The third kappa shape index (κ3) is 2.93. The molecular weight excluding hydrogens is 402 g/mol. The first-order valence-electron chi connectivity index (χ1n) is 9.53. The van der Waals surface area contributed by atoms with Gasteiger partial charge >= 0.3 is 0 Å². The van der Waals surface area contributed by atoms with Crippen molar-refractivity contribution in [3.63, 3.8) is 0 Å². The van der Waals surface area contributed by atoms with Crippen LogP contribution in [-0.4, -0.2) is 35.4 Å². The van der Waals surface area contributed by atoms with Crippen molar-refractivity contribution in [2.75, 3.05) is 11.4 Å². The number of para-hydroxylation sites is 1. The lowest BCUT2D eigenvalue weighted by Crippen LogP contribution is -2.30. The Kier molecular flexibility index (Phi) is 4.48. The van der Waals surface area contributed by atoms with Crippen molar-refractivity contribution in [1.29, 1.82) is 0 Å². The molecule has 0 spiro atoms. The first kappa shape index (κ1) is 18.4. The van der Waals surface area contributed by atoms with Gasteiger partial charge in [0, 0.05) is 24.6 Å². The Morgan fingerprint density at radius 3 is 2.77 bits per heavy atom.